The van der Waals surface area contributed by atoms with Crippen LogP contribution >= 0.6 is 0 Å². The molecule has 0 aromatic carbocycles. The molecule has 0 aliphatic carbocycles. The van der Waals surface area contributed by atoms with E-state index in [1.165, 1.54) is 25.7 Å². The van der Waals surface area contributed by atoms with Crippen LogP contribution in [0.15, 0.2) is 0 Å². The third-order valence-corrected chi connectivity index (χ3v) is 3.12. The molecule has 0 aliphatic heterocycles. The lowest BCUT2D eigenvalue weighted by molar-refractivity contribution is 0.331. The van der Waals surface area contributed by atoms with Crippen LogP contribution in [0.4, 0.5) is 0 Å². The lowest BCUT2D eigenvalue weighted by atomic mass is 9.88. The van der Waals surface area contributed by atoms with E-state index < -0.39 is 0 Å². The number of hydrogen-bond acceptors (Lipinski definition) is 1. The zero-order valence-corrected chi connectivity index (χ0v) is 11.7. The van der Waals surface area contributed by atoms with E-state index in [1.54, 1.807) is 0 Å². The second-order valence-corrected chi connectivity index (χ2v) is 6.08. The molecule has 0 rings (SSSR count). The van der Waals surface area contributed by atoms with Gasteiger partial charge in [0.2, 0.25) is 0 Å². The molecule has 0 radical (unpaired) electrons. The van der Waals surface area contributed by atoms with Crippen LogP contribution < -0.4 is 5.32 Å². The zero-order chi connectivity index (χ0) is 11.9. The Labute approximate surface area is 97.0 Å². The predicted octanol–water partition coefficient (Wildman–Crippen LogP) is 4.23. The molecule has 0 fully saturated rings. The highest BCUT2D eigenvalue weighted by molar-refractivity contribution is 4.70. The quantitative estimate of drug-likeness (QED) is 0.624. The van der Waals surface area contributed by atoms with Crippen molar-refractivity contribution in [3.8, 4) is 0 Å². The summed E-state index contributed by atoms with van der Waals surface area (Å²) in [6, 6.07) is 0. The first kappa shape index (κ1) is 15.0. The summed E-state index contributed by atoms with van der Waals surface area (Å²) in [6.45, 7) is 14.9. The number of unbranched alkanes of at least 4 members (excludes halogenated alkanes) is 1. The van der Waals surface area contributed by atoms with Gasteiger partial charge in [0.1, 0.15) is 0 Å². The molecule has 0 aromatic rings. The lowest BCUT2D eigenvalue weighted by Crippen LogP contribution is -2.36. The first-order valence-electron chi connectivity index (χ1n) is 6.62. The molecule has 0 aromatic heterocycles. The van der Waals surface area contributed by atoms with Crippen LogP contribution in [0.25, 0.3) is 0 Å². The van der Waals surface area contributed by atoms with Gasteiger partial charge in [-0.25, -0.2) is 0 Å². The van der Waals surface area contributed by atoms with E-state index in [1.807, 2.05) is 0 Å². The molecule has 0 spiro atoms. The molecule has 0 saturated carbocycles. The largest absolute Gasteiger partial charge is 0.312 e. The molecule has 15 heavy (non-hydrogen) atoms. The van der Waals surface area contributed by atoms with Crippen LogP contribution in [0.2, 0.25) is 0 Å². The average Bonchev–Trinajstić information content (AvgIpc) is 2.08. The summed E-state index contributed by atoms with van der Waals surface area (Å²) in [5.74, 6) is 1.78. The highest BCUT2D eigenvalue weighted by atomic mass is 14.9. The minimum absolute atomic E-state index is 0.280. The van der Waals surface area contributed by atoms with E-state index in [0.717, 1.165) is 18.4 Å². The summed E-state index contributed by atoms with van der Waals surface area (Å²) in [5.41, 5.74) is 0.280. The van der Waals surface area contributed by atoms with Gasteiger partial charge in [-0.05, 0) is 45.6 Å². The maximum atomic E-state index is 3.54. The first-order chi connectivity index (χ1) is 6.87. The van der Waals surface area contributed by atoms with Gasteiger partial charge in [-0.1, -0.05) is 40.0 Å². The molecule has 0 amide bonds. The third-order valence-electron chi connectivity index (χ3n) is 3.12. The SMILES string of the molecule is CCC(CCCCNC(C)(C)C)C(C)C. The molecule has 1 N–H and O–H groups in total. The Bertz CT molecular complexity index is 144. The van der Waals surface area contributed by atoms with Gasteiger partial charge >= 0.3 is 0 Å². The molecule has 92 valence electrons. The molecule has 0 saturated heterocycles. The monoisotopic (exact) mass is 213 g/mol. The Morgan fingerprint density at radius 2 is 1.67 bits per heavy atom. The minimum Gasteiger partial charge on any atom is -0.312 e. The van der Waals surface area contributed by atoms with E-state index in [9.17, 15) is 0 Å². The van der Waals surface area contributed by atoms with Gasteiger partial charge < -0.3 is 5.32 Å². The van der Waals surface area contributed by atoms with Crippen LogP contribution in [-0.4, -0.2) is 12.1 Å². The third kappa shape index (κ3) is 8.92. The Hall–Kier alpha value is -0.0400. The topological polar surface area (TPSA) is 12.0 Å². The standard InChI is InChI=1S/C14H31N/c1-7-13(12(2)3)10-8-9-11-15-14(4,5)6/h12-13,15H,7-11H2,1-6H3. The summed E-state index contributed by atoms with van der Waals surface area (Å²) >= 11 is 0. The van der Waals surface area contributed by atoms with E-state index in [4.69, 9.17) is 0 Å². The van der Waals surface area contributed by atoms with Crippen molar-refractivity contribution in [2.75, 3.05) is 6.54 Å². The summed E-state index contributed by atoms with van der Waals surface area (Å²) in [7, 11) is 0. The van der Waals surface area contributed by atoms with Crippen LogP contribution in [0, 0.1) is 11.8 Å². The van der Waals surface area contributed by atoms with E-state index in [0.29, 0.717) is 0 Å². The van der Waals surface area contributed by atoms with Gasteiger partial charge in [0.05, 0.1) is 0 Å². The predicted molar refractivity (Wildman–Crippen MR) is 70.2 cm³/mol. The van der Waals surface area contributed by atoms with Crippen molar-refractivity contribution in [3.63, 3.8) is 0 Å². The number of rotatable bonds is 7. The second kappa shape index (κ2) is 7.27. The fourth-order valence-electron chi connectivity index (χ4n) is 2.00. The maximum Gasteiger partial charge on any atom is 0.00965 e. The van der Waals surface area contributed by atoms with Gasteiger partial charge in [-0.3, -0.25) is 0 Å². The Morgan fingerprint density at radius 3 is 2.07 bits per heavy atom. The van der Waals surface area contributed by atoms with Gasteiger partial charge in [0.15, 0.2) is 0 Å². The van der Waals surface area contributed by atoms with Crippen molar-refractivity contribution in [2.24, 2.45) is 11.8 Å². The van der Waals surface area contributed by atoms with Crippen LogP contribution in [0.1, 0.15) is 67.2 Å². The van der Waals surface area contributed by atoms with E-state index in [2.05, 4.69) is 46.9 Å². The number of nitrogens with one attached hydrogen (secondary N) is 1. The van der Waals surface area contributed by atoms with Crippen molar-refractivity contribution >= 4 is 0 Å². The van der Waals surface area contributed by atoms with E-state index in [-0.39, 0.29) is 5.54 Å². The number of hydrogen-bond donors (Lipinski definition) is 1. The minimum atomic E-state index is 0.280. The van der Waals surface area contributed by atoms with Crippen molar-refractivity contribution in [1.82, 2.24) is 5.32 Å². The molecular formula is C14H31N. The molecule has 0 heterocycles. The molecule has 1 unspecified atom stereocenters. The molecule has 1 heteroatoms. The smallest absolute Gasteiger partial charge is 0.00965 e. The van der Waals surface area contributed by atoms with Gasteiger partial charge in [-0.2, -0.15) is 0 Å². The molecular weight excluding hydrogens is 182 g/mol. The Morgan fingerprint density at radius 1 is 1.07 bits per heavy atom. The fraction of sp³-hybridized carbons (Fsp3) is 1.00. The van der Waals surface area contributed by atoms with E-state index >= 15 is 0 Å². The van der Waals surface area contributed by atoms with Crippen molar-refractivity contribution in [2.45, 2.75) is 72.8 Å². The van der Waals surface area contributed by atoms with Crippen LogP contribution in [-0.2, 0) is 0 Å². The van der Waals surface area contributed by atoms with Gasteiger partial charge in [0.25, 0.3) is 0 Å². The molecule has 0 aliphatic rings. The van der Waals surface area contributed by atoms with Gasteiger partial charge in [-0.15, -0.1) is 0 Å². The highest BCUT2D eigenvalue weighted by Gasteiger charge is 2.11. The molecule has 0 bridgehead atoms. The second-order valence-electron chi connectivity index (χ2n) is 6.08. The fourth-order valence-corrected chi connectivity index (χ4v) is 2.00. The summed E-state index contributed by atoms with van der Waals surface area (Å²) in [5, 5.41) is 3.54. The summed E-state index contributed by atoms with van der Waals surface area (Å²) in [6.07, 6.45) is 5.44. The average molecular weight is 213 g/mol. The van der Waals surface area contributed by atoms with Crippen molar-refractivity contribution in [3.05, 3.63) is 0 Å². The first-order valence-corrected chi connectivity index (χ1v) is 6.62. The van der Waals surface area contributed by atoms with Gasteiger partial charge in [0, 0.05) is 5.54 Å². The maximum absolute atomic E-state index is 3.54. The molecule has 1 atom stereocenters. The normalized spacial score (nSPS) is 14.6. The summed E-state index contributed by atoms with van der Waals surface area (Å²) < 4.78 is 0. The highest BCUT2D eigenvalue weighted by Crippen LogP contribution is 2.21. The zero-order valence-electron chi connectivity index (χ0n) is 11.7. The molecule has 1 nitrogen and oxygen atoms in total. The van der Waals surface area contributed by atoms with Crippen LogP contribution in [0.5, 0.6) is 0 Å². The Kier molecular flexibility index (Phi) is 7.25. The Balaban J connectivity index is 3.45. The lowest BCUT2D eigenvalue weighted by Gasteiger charge is -2.22. The van der Waals surface area contributed by atoms with Crippen molar-refractivity contribution < 1.29 is 0 Å². The van der Waals surface area contributed by atoms with Crippen molar-refractivity contribution in [1.29, 1.82) is 0 Å². The summed E-state index contributed by atoms with van der Waals surface area (Å²) in [4.78, 5) is 0. The van der Waals surface area contributed by atoms with Crippen LogP contribution in [0.3, 0.4) is 0 Å².